The number of benzene rings is 1. The molecular formula is C13H20FNO2. The molecule has 0 saturated heterocycles. The molecule has 0 aliphatic heterocycles. The number of hydrogen-bond acceptors (Lipinski definition) is 3. The van der Waals surface area contributed by atoms with Crippen molar-refractivity contribution in [2.24, 2.45) is 0 Å². The average Bonchev–Trinajstić information content (AvgIpc) is 2.25. The third-order valence-corrected chi connectivity index (χ3v) is 2.43. The predicted octanol–water partition coefficient (Wildman–Crippen LogP) is 2.21. The molecule has 1 aromatic carbocycles. The van der Waals surface area contributed by atoms with E-state index in [0.29, 0.717) is 17.9 Å². The van der Waals surface area contributed by atoms with E-state index in [1.54, 1.807) is 13.0 Å². The van der Waals surface area contributed by atoms with Crippen LogP contribution >= 0.6 is 0 Å². The molecule has 0 amide bonds. The van der Waals surface area contributed by atoms with Crippen LogP contribution in [0.4, 0.5) is 4.39 Å². The maximum Gasteiger partial charge on any atom is 0.125 e. The summed E-state index contributed by atoms with van der Waals surface area (Å²) in [5.41, 5.74) is 0.495. The van der Waals surface area contributed by atoms with Gasteiger partial charge >= 0.3 is 0 Å². The zero-order valence-electron chi connectivity index (χ0n) is 10.6. The van der Waals surface area contributed by atoms with Crippen molar-refractivity contribution in [3.8, 4) is 5.75 Å². The lowest BCUT2D eigenvalue weighted by Gasteiger charge is -2.14. The minimum Gasteiger partial charge on any atom is -0.493 e. The summed E-state index contributed by atoms with van der Waals surface area (Å²) < 4.78 is 18.6. The smallest absolute Gasteiger partial charge is 0.125 e. The number of nitrogens with zero attached hydrogens (tertiary/aromatic N) is 1. The van der Waals surface area contributed by atoms with Crippen molar-refractivity contribution in [3.63, 3.8) is 0 Å². The van der Waals surface area contributed by atoms with Gasteiger partial charge in [-0.15, -0.1) is 0 Å². The molecule has 0 saturated carbocycles. The molecule has 0 radical (unpaired) electrons. The summed E-state index contributed by atoms with van der Waals surface area (Å²) in [6.45, 7) is 3.09. The van der Waals surface area contributed by atoms with Crippen LogP contribution in [-0.4, -0.2) is 37.3 Å². The van der Waals surface area contributed by atoms with Gasteiger partial charge in [0.15, 0.2) is 0 Å². The molecule has 0 aliphatic rings. The van der Waals surface area contributed by atoms with E-state index in [4.69, 9.17) is 4.74 Å². The Bertz CT molecular complexity index is 353. The minimum atomic E-state index is -0.727. The molecule has 1 unspecified atom stereocenters. The maximum atomic E-state index is 13.0. The minimum absolute atomic E-state index is 0.360. The molecule has 0 heterocycles. The Morgan fingerprint density at radius 2 is 2.12 bits per heavy atom. The molecule has 0 aliphatic carbocycles. The standard InChI is InChI=1S/C13H20FNO2/c1-10(16)12-9-11(14)5-6-13(12)17-8-4-7-15(2)3/h5-6,9-10,16H,4,7-8H2,1-3H3. The summed E-state index contributed by atoms with van der Waals surface area (Å²) >= 11 is 0. The Morgan fingerprint density at radius 3 is 2.71 bits per heavy atom. The SMILES string of the molecule is CC(O)c1cc(F)ccc1OCCCN(C)C. The fourth-order valence-electron chi connectivity index (χ4n) is 1.54. The Labute approximate surface area is 102 Å². The fraction of sp³-hybridized carbons (Fsp3) is 0.538. The van der Waals surface area contributed by atoms with E-state index in [1.807, 2.05) is 14.1 Å². The molecule has 1 rings (SSSR count). The molecule has 1 aromatic rings. The lowest BCUT2D eigenvalue weighted by molar-refractivity contribution is 0.189. The monoisotopic (exact) mass is 241 g/mol. The summed E-state index contributed by atoms with van der Waals surface area (Å²) in [7, 11) is 4.00. The zero-order valence-corrected chi connectivity index (χ0v) is 10.6. The van der Waals surface area contributed by atoms with Crippen LogP contribution in [0.1, 0.15) is 25.0 Å². The van der Waals surface area contributed by atoms with Gasteiger partial charge in [0.25, 0.3) is 0 Å². The summed E-state index contributed by atoms with van der Waals surface area (Å²) in [6.07, 6.45) is 0.165. The first-order valence-corrected chi connectivity index (χ1v) is 5.75. The van der Waals surface area contributed by atoms with Crippen molar-refractivity contribution in [1.82, 2.24) is 4.90 Å². The summed E-state index contributed by atoms with van der Waals surface area (Å²) in [4.78, 5) is 2.07. The summed E-state index contributed by atoms with van der Waals surface area (Å²) in [5.74, 6) is 0.196. The van der Waals surface area contributed by atoms with E-state index in [-0.39, 0.29) is 5.82 Å². The van der Waals surface area contributed by atoms with E-state index in [1.165, 1.54) is 12.1 Å². The van der Waals surface area contributed by atoms with E-state index in [2.05, 4.69) is 4.90 Å². The van der Waals surface area contributed by atoms with Crippen molar-refractivity contribution >= 4 is 0 Å². The van der Waals surface area contributed by atoms with Crippen LogP contribution in [-0.2, 0) is 0 Å². The van der Waals surface area contributed by atoms with Crippen LogP contribution in [0, 0.1) is 5.82 Å². The van der Waals surface area contributed by atoms with Gasteiger partial charge in [0.2, 0.25) is 0 Å². The molecule has 17 heavy (non-hydrogen) atoms. The molecular weight excluding hydrogens is 221 g/mol. The van der Waals surface area contributed by atoms with Gasteiger partial charge in [-0.05, 0) is 45.6 Å². The topological polar surface area (TPSA) is 32.7 Å². The number of rotatable bonds is 6. The van der Waals surface area contributed by atoms with Gasteiger partial charge in [-0.3, -0.25) is 0 Å². The van der Waals surface area contributed by atoms with Crippen molar-refractivity contribution < 1.29 is 14.2 Å². The Morgan fingerprint density at radius 1 is 1.41 bits per heavy atom. The molecule has 96 valence electrons. The Kier molecular flexibility index (Phi) is 5.38. The van der Waals surface area contributed by atoms with Gasteiger partial charge in [-0.25, -0.2) is 4.39 Å². The van der Waals surface area contributed by atoms with Crippen molar-refractivity contribution in [3.05, 3.63) is 29.6 Å². The van der Waals surface area contributed by atoms with E-state index in [9.17, 15) is 9.50 Å². The van der Waals surface area contributed by atoms with Crippen LogP contribution in [0.3, 0.4) is 0 Å². The first-order valence-electron chi connectivity index (χ1n) is 5.75. The van der Waals surface area contributed by atoms with Gasteiger partial charge in [-0.2, -0.15) is 0 Å². The lowest BCUT2D eigenvalue weighted by Crippen LogP contribution is -2.15. The maximum absolute atomic E-state index is 13.0. The predicted molar refractivity (Wildman–Crippen MR) is 65.7 cm³/mol. The van der Waals surface area contributed by atoms with Crippen LogP contribution < -0.4 is 4.74 Å². The zero-order chi connectivity index (χ0) is 12.8. The molecule has 4 heteroatoms. The quantitative estimate of drug-likeness (QED) is 0.775. The van der Waals surface area contributed by atoms with E-state index in [0.717, 1.165) is 13.0 Å². The highest BCUT2D eigenvalue weighted by atomic mass is 19.1. The van der Waals surface area contributed by atoms with Gasteiger partial charge in [-0.1, -0.05) is 0 Å². The molecule has 0 bridgehead atoms. The van der Waals surface area contributed by atoms with Crippen LogP contribution in [0.5, 0.6) is 5.75 Å². The lowest BCUT2D eigenvalue weighted by atomic mass is 10.1. The Hall–Kier alpha value is -1.13. The highest BCUT2D eigenvalue weighted by molar-refractivity contribution is 5.35. The number of aliphatic hydroxyl groups is 1. The molecule has 1 atom stereocenters. The van der Waals surface area contributed by atoms with Gasteiger partial charge in [0.1, 0.15) is 11.6 Å². The first-order chi connectivity index (χ1) is 8.00. The summed E-state index contributed by atoms with van der Waals surface area (Å²) in [5, 5.41) is 9.52. The molecule has 0 aromatic heterocycles. The van der Waals surface area contributed by atoms with Crippen molar-refractivity contribution in [2.45, 2.75) is 19.4 Å². The average molecular weight is 241 g/mol. The van der Waals surface area contributed by atoms with Crippen LogP contribution in [0.25, 0.3) is 0 Å². The molecule has 3 nitrogen and oxygen atoms in total. The first kappa shape index (κ1) is 13.9. The molecule has 0 fully saturated rings. The highest BCUT2D eigenvalue weighted by Crippen LogP contribution is 2.25. The number of hydrogen-bond donors (Lipinski definition) is 1. The number of ether oxygens (including phenoxy) is 1. The second kappa shape index (κ2) is 6.57. The normalized spacial score (nSPS) is 12.8. The number of halogens is 1. The van der Waals surface area contributed by atoms with Crippen LogP contribution in [0.2, 0.25) is 0 Å². The van der Waals surface area contributed by atoms with E-state index >= 15 is 0 Å². The largest absolute Gasteiger partial charge is 0.493 e. The van der Waals surface area contributed by atoms with E-state index < -0.39 is 6.10 Å². The fourth-order valence-corrected chi connectivity index (χ4v) is 1.54. The molecule has 0 spiro atoms. The Balaban J connectivity index is 2.58. The van der Waals surface area contributed by atoms with Gasteiger partial charge in [0.05, 0.1) is 12.7 Å². The van der Waals surface area contributed by atoms with Gasteiger partial charge in [0, 0.05) is 12.1 Å². The van der Waals surface area contributed by atoms with Gasteiger partial charge < -0.3 is 14.7 Å². The second-order valence-electron chi connectivity index (χ2n) is 4.36. The van der Waals surface area contributed by atoms with Crippen molar-refractivity contribution in [1.29, 1.82) is 0 Å². The third-order valence-electron chi connectivity index (χ3n) is 2.43. The number of aliphatic hydroxyl groups excluding tert-OH is 1. The highest BCUT2D eigenvalue weighted by Gasteiger charge is 2.10. The second-order valence-corrected chi connectivity index (χ2v) is 4.36. The van der Waals surface area contributed by atoms with Crippen LogP contribution in [0.15, 0.2) is 18.2 Å². The third kappa shape index (κ3) is 4.71. The van der Waals surface area contributed by atoms with Crippen molar-refractivity contribution in [2.75, 3.05) is 27.2 Å². The molecule has 1 N–H and O–H groups in total. The summed E-state index contributed by atoms with van der Waals surface area (Å²) in [6, 6.07) is 4.21.